The van der Waals surface area contributed by atoms with Gasteiger partial charge in [-0.1, -0.05) is 39.5 Å². The summed E-state index contributed by atoms with van der Waals surface area (Å²) in [6, 6.07) is 0. The molecule has 0 spiro atoms. The van der Waals surface area contributed by atoms with Crippen molar-refractivity contribution >= 4 is 0 Å². The van der Waals surface area contributed by atoms with Gasteiger partial charge in [0.15, 0.2) is 0 Å². The summed E-state index contributed by atoms with van der Waals surface area (Å²) >= 11 is 0. The van der Waals surface area contributed by atoms with E-state index in [1.807, 2.05) is 0 Å². The molecule has 3 N–H and O–H groups in total. The van der Waals surface area contributed by atoms with Gasteiger partial charge >= 0.3 is 0 Å². The van der Waals surface area contributed by atoms with Crippen LogP contribution in [0.3, 0.4) is 0 Å². The molecular formula is C18H35NO. The summed E-state index contributed by atoms with van der Waals surface area (Å²) in [7, 11) is 0. The van der Waals surface area contributed by atoms with E-state index in [0.29, 0.717) is 12.5 Å². The van der Waals surface area contributed by atoms with E-state index in [0.717, 1.165) is 24.7 Å². The molecule has 2 rings (SSSR count). The number of hydrogen-bond acceptors (Lipinski definition) is 2. The standard InChI is InChI=1S/C18H35NO/c1-3-5-15-8-10-18(13-19,11-9-15)17(20)16-7-4-6-14(2)12-16/h14-17,20H,3-13,19H2,1-2H3. The molecule has 2 aliphatic carbocycles. The molecule has 0 saturated heterocycles. The molecule has 118 valence electrons. The molecule has 2 fully saturated rings. The summed E-state index contributed by atoms with van der Waals surface area (Å²) in [5.74, 6) is 2.18. The summed E-state index contributed by atoms with van der Waals surface area (Å²) in [5.41, 5.74) is 6.17. The molecule has 2 aliphatic rings. The average molecular weight is 281 g/mol. The van der Waals surface area contributed by atoms with E-state index in [1.54, 1.807) is 0 Å². The maximum absolute atomic E-state index is 11.0. The fraction of sp³-hybridized carbons (Fsp3) is 1.00. The summed E-state index contributed by atoms with van der Waals surface area (Å²) in [5, 5.41) is 11.0. The van der Waals surface area contributed by atoms with Crippen molar-refractivity contribution in [2.24, 2.45) is 28.9 Å². The fourth-order valence-electron chi connectivity index (χ4n) is 4.84. The third-order valence-corrected chi connectivity index (χ3v) is 6.26. The molecule has 20 heavy (non-hydrogen) atoms. The second kappa shape index (κ2) is 7.26. The number of nitrogens with two attached hydrogens (primary N) is 1. The molecule has 3 unspecified atom stereocenters. The van der Waals surface area contributed by atoms with Crippen LogP contribution in [0.15, 0.2) is 0 Å². The van der Waals surface area contributed by atoms with Gasteiger partial charge in [0, 0.05) is 12.0 Å². The topological polar surface area (TPSA) is 46.2 Å². The van der Waals surface area contributed by atoms with E-state index >= 15 is 0 Å². The third-order valence-electron chi connectivity index (χ3n) is 6.26. The molecule has 0 aromatic carbocycles. The predicted octanol–water partition coefficient (Wildman–Crippen LogP) is 4.11. The van der Waals surface area contributed by atoms with Crippen molar-refractivity contribution in [3.05, 3.63) is 0 Å². The van der Waals surface area contributed by atoms with Crippen LogP contribution in [0.1, 0.15) is 78.1 Å². The van der Waals surface area contributed by atoms with Gasteiger partial charge in [0.2, 0.25) is 0 Å². The van der Waals surface area contributed by atoms with Gasteiger partial charge in [-0.05, 0) is 56.3 Å². The average Bonchev–Trinajstić information content (AvgIpc) is 2.48. The van der Waals surface area contributed by atoms with Gasteiger partial charge in [0.1, 0.15) is 0 Å². The van der Waals surface area contributed by atoms with Crippen molar-refractivity contribution in [2.45, 2.75) is 84.2 Å². The molecule has 0 aromatic heterocycles. The minimum absolute atomic E-state index is 0.0337. The predicted molar refractivity (Wildman–Crippen MR) is 85.5 cm³/mol. The van der Waals surface area contributed by atoms with E-state index in [9.17, 15) is 5.11 Å². The van der Waals surface area contributed by atoms with Gasteiger partial charge in [0.05, 0.1) is 6.10 Å². The van der Waals surface area contributed by atoms with E-state index < -0.39 is 0 Å². The first-order valence-corrected chi connectivity index (χ1v) is 8.99. The highest BCUT2D eigenvalue weighted by atomic mass is 16.3. The second-order valence-corrected chi connectivity index (χ2v) is 7.78. The summed E-state index contributed by atoms with van der Waals surface area (Å²) < 4.78 is 0. The molecule has 2 nitrogen and oxygen atoms in total. The van der Waals surface area contributed by atoms with Crippen LogP contribution in [0.5, 0.6) is 0 Å². The highest BCUT2D eigenvalue weighted by Gasteiger charge is 2.43. The number of aliphatic hydroxyl groups is 1. The van der Waals surface area contributed by atoms with E-state index in [4.69, 9.17) is 5.73 Å². The van der Waals surface area contributed by atoms with Gasteiger partial charge in [0.25, 0.3) is 0 Å². The normalized spacial score (nSPS) is 40.5. The van der Waals surface area contributed by atoms with Crippen LogP contribution in [-0.2, 0) is 0 Å². The summed E-state index contributed by atoms with van der Waals surface area (Å²) in [6.45, 7) is 5.30. The largest absolute Gasteiger partial charge is 0.392 e. The first-order valence-electron chi connectivity index (χ1n) is 8.99. The molecule has 0 amide bonds. The Morgan fingerprint density at radius 3 is 2.45 bits per heavy atom. The van der Waals surface area contributed by atoms with Gasteiger partial charge in [-0.25, -0.2) is 0 Å². The van der Waals surface area contributed by atoms with Crippen LogP contribution in [-0.4, -0.2) is 17.8 Å². The minimum atomic E-state index is -0.155. The zero-order valence-electron chi connectivity index (χ0n) is 13.6. The zero-order valence-corrected chi connectivity index (χ0v) is 13.6. The van der Waals surface area contributed by atoms with Crippen molar-refractivity contribution in [1.82, 2.24) is 0 Å². The van der Waals surface area contributed by atoms with Crippen LogP contribution >= 0.6 is 0 Å². The van der Waals surface area contributed by atoms with Gasteiger partial charge in [-0.15, -0.1) is 0 Å². The smallest absolute Gasteiger partial charge is 0.0636 e. The van der Waals surface area contributed by atoms with Gasteiger partial charge in [-0.3, -0.25) is 0 Å². The summed E-state index contributed by atoms with van der Waals surface area (Å²) in [4.78, 5) is 0. The first-order chi connectivity index (χ1) is 9.61. The molecule has 3 atom stereocenters. The van der Waals surface area contributed by atoms with Gasteiger partial charge < -0.3 is 10.8 Å². The molecule has 0 bridgehead atoms. The highest BCUT2D eigenvalue weighted by molar-refractivity contribution is 4.95. The first kappa shape index (κ1) is 16.3. The fourth-order valence-corrected chi connectivity index (χ4v) is 4.84. The molecular weight excluding hydrogens is 246 g/mol. The minimum Gasteiger partial charge on any atom is -0.392 e. The van der Waals surface area contributed by atoms with Crippen LogP contribution in [0, 0.1) is 23.2 Å². The maximum atomic E-state index is 11.0. The Morgan fingerprint density at radius 2 is 1.90 bits per heavy atom. The number of hydrogen-bond donors (Lipinski definition) is 2. The van der Waals surface area contributed by atoms with Crippen LogP contribution in [0.25, 0.3) is 0 Å². The lowest BCUT2D eigenvalue weighted by atomic mass is 9.62. The highest BCUT2D eigenvalue weighted by Crippen LogP contribution is 2.46. The maximum Gasteiger partial charge on any atom is 0.0636 e. The Bertz CT molecular complexity index is 283. The van der Waals surface area contributed by atoms with Crippen molar-refractivity contribution < 1.29 is 5.11 Å². The van der Waals surface area contributed by atoms with E-state index in [2.05, 4.69) is 13.8 Å². The lowest BCUT2D eigenvalue weighted by Crippen LogP contribution is -2.48. The summed E-state index contributed by atoms with van der Waals surface area (Å²) in [6.07, 6.45) is 12.4. The van der Waals surface area contributed by atoms with E-state index in [-0.39, 0.29) is 11.5 Å². The van der Waals surface area contributed by atoms with Gasteiger partial charge in [-0.2, -0.15) is 0 Å². The molecule has 2 heteroatoms. The number of rotatable bonds is 5. The van der Waals surface area contributed by atoms with Crippen molar-refractivity contribution in [3.63, 3.8) is 0 Å². The Balaban J connectivity index is 1.96. The zero-order chi connectivity index (χ0) is 14.6. The molecule has 0 heterocycles. The van der Waals surface area contributed by atoms with Crippen LogP contribution < -0.4 is 5.73 Å². The monoisotopic (exact) mass is 281 g/mol. The molecule has 0 radical (unpaired) electrons. The lowest BCUT2D eigenvalue weighted by molar-refractivity contribution is -0.0585. The molecule has 2 saturated carbocycles. The van der Waals surface area contributed by atoms with Crippen molar-refractivity contribution in [3.8, 4) is 0 Å². The third kappa shape index (κ3) is 3.57. The Hall–Kier alpha value is -0.0800. The SMILES string of the molecule is CCCC1CCC(CN)(C(O)C2CCCC(C)C2)CC1. The molecule has 0 aliphatic heterocycles. The van der Waals surface area contributed by atoms with Crippen LogP contribution in [0.4, 0.5) is 0 Å². The second-order valence-electron chi connectivity index (χ2n) is 7.78. The molecule has 0 aromatic rings. The lowest BCUT2D eigenvalue weighted by Gasteiger charge is -2.47. The van der Waals surface area contributed by atoms with Crippen molar-refractivity contribution in [1.29, 1.82) is 0 Å². The Labute approximate surface area is 125 Å². The Morgan fingerprint density at radius 1 is 1.20 bits per heavy atom. The quantitative estimate of drug-likeness (QED) is 0.796. The Kier molecular flexibility index (Phi) is 5.92. The van der Waals surface area contributed by atoms with E-state index in [1.165, 1.54) is 51.4 Å². The van der Waals surface area contributed by atoms with Crippen LogP contribution in [0.2, 0.25) is 0 Å². The van der Waals surface area contributed by atoms with Crippen molar-refractivity contribution in [2.75, 3.05) is 6.54 Å². The number of aliphatic hydroxyl groups excluding tert-OH is 1.